The molecule has 2 aromatic rings. The summed E-state index contributed by atoms with van der Waals surface area (Å²) in [5.41, 5.74) is 1.06. The fourth-order valence-corrected chi connectivity index (χ4v) is 2.44. The molecule has 0 spiro atoms. The van der Waals surface area contributed by atoms with Gasteiger partial charge in [-0.25, -0.2) is 8.78 Å². The largest absolute Gasteiger partial charge is 0.496 e. The summed E-state index contributed by atoms with van der Waals surface area (Å²) < 4.78 is 31.7. The number of halogens is 4. The van der Waals surface area contributed by atoms with Crippen molar-refractivity contribution in [1.29, 1.82) is 0 Å². The highest BCUT2D eigenvalue weighted by atomic mass is 35.5. The first kappa shape index (κ1) is 15.1. The monoisotopic (exact) mass is 316 g/mol. The lowest BCUT2D eigenvalue weighted by Gasteiger charge is -2.15. The van der Waals surface area contributed by atoms with Crippen LogP contribution in [0.2, 0.25) is 5.02 Å². The lowest BCUT2D eigenvalue weighted by atomic mass is 10.0. The van der Waals surface area contributed by atoms with Crippen LogP contribution in [0.25, 0.3) is 0 Å². The van der Waals surface area contributed by atoms with Crippen LogP contribution in [0.4, 0.5) is 8.78 Å². The Hall–Kier alpha value is -1.32. The third kappa shape index (κ3) is 3.41. The summed E-state index contributed by atoms with van der Waals surface area (Å²) in [6.07, 6.45) is 0.228. The summed E-state index contributed by atoms with van der Waals surface area (Å²) in [6, 6.07) is 8.52. The average molecular weight is 317 g/mol. The van der Waals surface area contributed by atoms with Crippen molar-refractivity contribution < 1.29 is 13.5 Å². The smallest absolute Gasteiger partial charge is 0.129 e. The lowest BCUT2D eigenvalue weighted by Crippen LogP contribution is -2.01. The summed E-state index contributed by atoms with van der Waals surface area (Å²) in [5, 5.41) is 0.0320. The third-order valence-corrected chi connectivity index (χ3v) is 3.57. The van der Waals surface area contributed by atoms with Crippen LogP contribution in [0.15, 0.2) is 36.4 Å². The van der Waals surface area contributed by atoms with Gasteiger partial charge in [-0.15, -0.1) is 11.6 Å². The highest BCUT2D eigenvalue weighted by Gasteiger charge is 2.16. The molecule has 106 valence electrons. The van der Waals surface area contributed by atoms with Crippen LogP contribution in [-0.4, -0.2) is 7.11 Å². The van der Waals surface area contributed by atoms with Gasteiger partial charge in [0.2, 0.25) is 0 Å². The standard InChI is InChI=1S/C15H12Cl2F2O/c1-20-15-7-10(16)3-5-12(15)13(17)6-9-2-4-11(18)8-14(9)19/h2-5,7-8,13H,6H2,1H3. The molecule has 0 aliphatic carbocycles. The van der Waals surface area contributed by atoms with Gasteiger partial charge < -0.3 is 4.74 Å². The molecule has 0 bridgehead atoms. The predicted octanol–water partition coefficient (Wildman–Crippen LogP) is 5.15. The maximum absolute atomic E-state index is 13.6. The molecule has 0 amide bonds. The van der Waals surface area contributed by atoms with Gasteiger partial charge in [-0.05, 0) is 30.2 Å². The fraction of sp³-hybridized carbons (Fsp3) is 0.200. The highest BCUT2D eigenvalue weighted by Crippen LogP contribution is 2.34. The Balaban J connectivity index is 2.25. The highest BCUT2D eigenvalue weighted by molar-refractivity contribution is 6.30. The molecule has 0 aliphatic heterocycles. The van der Waals surface area contributed by atoms with E-state index in [1.165, 1.54) is 19.2 Å². The molecule has 0 N–H and O–H groups in total. The zero-order chi connectivity index (χ0) is 14.7. The summed E-state index contributed by atoms with van der Waals surface area (Å²) >= 11 is 12.2. The molecular weight excluding hydrogens is 305 g/mol. The Morgan fingerprint density at radius 2 is 1.90 bits per heavy atom. The van der Waals surface area contributed by atoms with Gasteiger partial charge in [0.1, 0.15) is 17.4 Å². The molecule has 0 heterocycles. The average Bonchev–Trinajstić information content (AvgIpc) is 2.41. The zero-order valence-electron chi connectivity index (χ0n) is 10.7. The van der Waals surface area contributed by atoms with Crippen LogP contribution in [0.5, 0.6) is 5.75 Å². The third-order valence-electron chi connectivity index (χ3n) is 2.95. The minimum atomic E-state index is -0.610. The Morgan fingerprint density at radius 3 is 2.55 bits per heavy atom. The molecule has 0 aromatic heterocycles. The van der Waals surface area contributed by atoms with E-state index in [1.54, 1.807) is 18.2 Å². The molecule has 0 saturated carbocycles. The van der Waals surface area contributed by atoms with E-state index >= 15 is 0 Å². The molecule has 0 aliphatic rings. The van der Waals surface area contributed by atoms with E-state index in [-0.39, 0.29) is 6.42 Å². The number of ether oxygens (including phenoxy) is 1. The summed E-state index contributed by atoms with van der Waals surface area (Å²) in [6.45, 7) is 0. The van der Waals surface area contributed by atoms with Crippen LogP contribution in [0.1, 0.15) is 16.5 Å². The van der Waals surface area contributed by atoms with Gasteiger partial charge in [0.15, 0.2) is 0 Å². The number of benzene rings is 2. The molecule has 1 nitrogen and oxygen atoms in total. The maximum Gasteiger partial charge on any atom is 0.129 e. The minimum Gasteiger partial charge on any atom is -0.496 e. The maximum atomic E-state index is 13.6. The van der Waals surface area contributed by atoms with Crippen LogP contribution in [0, 0.1) is 11.6 Å². The van der Waals surface area contributed by atoms with E-state index in [0.717, 1.165) is 6.07 Å². The molecule has 0 saturated heterocycles. The first-order valence-electron chi connectivity index (χ1n) is 5.92. The SMILES string of the molecule is COc1cc(Cl)ccc1C(Cl)Cc1ccc(F)cc1F. The van der Waals surface area contributed by atoms with Crippen molar-refractivity contribution in [2.45, 2.75) is 11.8 Å². The van der Waals surface area contributed by atoms with Crippen molar-refractivity contribution in [3.8, 4) is 5.75 Å². The van der Waals surface area contributed by atoms with Gasteiger partial charge in [0.05, 0.1) is 12.5 Å². The Labute approximate surface area is 126 Å². The fourth-order valence-electron chi connectivity index (χ4n) is 1.93. The summed E-state index contributed by atoms with van der Waals surface area (Å²) in [4.78, 5) is 0. The quantitative estimate of drug-likeness (QED) is 0.709. The van der Waals surface area contributed by atoms with Crippen molar-refractivity contribution in [2.75, 3.05) is 7.11 Å². The van der Waals surface area contributed by atoms with Crippen LogP contribution < -0.4 is 4.74 Å². The van der Waals surface area contributed by atoms with E-state index in [2.05, 4.69) is 0 Å². The van der Waals surface area contributed by atoms with Gasteiger partial charge in [-0.3, -0.25) is 0 Å². The Bertz CT molecular complexity index is 617. The van der Waals surface area contributed by atoms with Crippen LogP contribution in [0.3, 0.4) is 0 Å². The lowest BCUT2D eigenvalue weighted by molar-refractivity contribution is 0.409. The number of rotatable bonds is 4. The second kappa shape index (κ2) is 6.42. The van der Waals surface area contributed by atoms with Crippen molar-refractivity contribution in [1.82, 2.24) is 0 Å². The van der Waals surface area contributed by atoms with E-state index in [1.807, 2.05) is 0 Å². The summed E-state index contributed by atoms with van der Waals surface area (Å²) in [7, 11) is 1.51. The van der Waals surface area contributed by atoms with E-state index in [9.17, 15) is 8.78 Å². The molecule has 5 heteroatoms. The van der Waals surface area contributed by atoms with Gasteiger partial charge in [-0.2, -0.15) is 0 Å². The van der Waals surface area contributed by atoms with Gasteiger partial charge in [0.25, 0.3) is 0 Å². The number of alkyl halides is 1. The number of hydrogen-bond donors (Lipinski definition) is 0. The van der Waals surface area contributed by atoms with E-state index in [4.69, 9.17) is 27.9 Å². The number of methoxy groups -OCH3 is 1. The molecule has 1 unspecified atom stereocenters. The summed E-state index contributed by atoms with van der Waals surface area (Å²) in [5.74, 6) is -0.676. The first-order valence-corrected chi connectivity index (χ1v) is 6.74. The molecule has 0 radical (unpaired) electrons. The second-order valence-corrected chi connectivity index (χ2v) is 5.26. The topological polar surface area (TPSA) is 9.23 Å². The van der Waals surface area contributed by atoms with Crippen LogP contribution >= 0.6 is 23.2 Å². The molecule has 0 fully saturated rings. The molecule has 20 heavy (non-hydrogen) atoms. The molecule has 2 rings (SSSR count). The normalized spacial score (nSPS) is 12.2. The van der Waals surface area contributed by atoms with Crippen molar-refractivity contribution in [3.63, 3.8) is 0 Å². The number of hydrogen-bond acceptors (Lipinski definition) is 1. The van der Waals surface area contributed by atoms with Crippen molar-refractivity contribution in [2.24, 2.45) is 0 Å². The van der Waals surface area contributed by atoms with E-state index in [0.29, 0.717) is 21.9 Å². The van der Waals surface area contributed by atoms with Crippen molar-refractivity contribution in [3.05, 3.63) is 64.2 Å². The molecule has 2 aromatic carbocycles. The van der Waals surface area contributed by atoms with Crippen molar-refractivity contribution >= 4 is 23.2 Å². The Kier molecular flexibility index (Phi) is 4.84. The first-order chi connectivity index (χ1) is 9.51. The van der Waals surface area contributed by atoms with Gasteiger partial charge >= 0.3 is 0 Å². The van der Waals surface area contributed by atoms with Gasteiger partial charge in [-0.1, -0.05) is 23.7 Å². The second-order valence-electron chi connectivity index (χ2n) is 4.29. The van der Waals surface area contributed by atoms with Crippen LogP contribution in [-0.2, 0) is 6.42 Å². The Morgan fingerprint density at radius 1 is 1.15 bits per heavy atom. The van der Waals surface area contributed by atoms with Gasteiger partial charge in [0, 0.05) is 16.7 Å². The molecule has 1 atom stereocenters. The van der Waals surface area contributed by atoms with E-state index < -0.39 is 17.0 Å². The minimum absolute atomic E-state index is 0.228. The molecular formula is C15H12Cl2F2O. The zero-order valence-corrected chi connectivity index (χ0v) is 12.2. The predicted molar refractivity (Wildman–Crippen MR) is 76.7 cm³/mol.